The summed E-state index contributed by atoms with van der Waals surface area (Å²) in [5, 5.41) is 5.07. The molecule has 2 aliphatic carbocycles. The molecule has 2 saturated carbocycles. The van der Waals surface area contributed by atoms with E-state index in [0.29, 0.717) is 0 Å². The Kier molecular flexibility index (Phi) is 4.23. The van der Waals surface area contributed by atoms with E-state index < -0.39 is 0 Å². The van der Waals surface area contributed by atoms with Crippen LogP contribution in [-0.2, 0) is 13.0 Å². The molecule has 0 bridgehead atoms. The van der Waals surface area contributed by atoms with Gasteiger partial charge in [-0.15, -0.1) is 11.3 Å². The van der Waals surface area contributed by atoms with E-state index in [1.54, 1.807) is 0 Å². The Hall–Kier alpha value is -0.410. The predicted octanol–water partition coefficient (Wildman–Crippen LogP) is 4.25. The molecule has 0 aliphatic heterocycles. The molecule has 1 aromatic heterocycles. The second kappa shape index (κ2) is 5.92. The molecule has 2 fully saturated rings. The van der Waals surface area contributed by atoms with Crippen LogP contribution in [0.3, 0.4) is 0 Å². The topological polar surface area (TPSA) is 24.9 Å². The summed E-state index contributed by atoms with van der Waals surface area (Å²) in [6.07, 6.45) is 9.33. The molecule has 0 radical (unpaired) electrons. The fourth-order valence-electron chi connectivity index (χ4n) is 3.19. The molecule has 19 heavy (non-hydrogen) atoms. The first-order chi connectivity index (χ1) is 9.30. The quantitative estimate of drug-likeness (QED) is 0.841. The molecule has 0 spiro atoms. The summed E-state index contributed by atoms with van der Waals surface area (Å²) in [7, 11) is 0. The molecule has 1 heterocycles. The van der Waals surface area contributed by atoms with Crippen molar-refractivity contribution in [2.75, 3.05) is 0 Å². The van der Waals surface area contributed by atoms with Crippen LogP contribution in [0.5, 0.6) is 0 Å². The van der Waals surface area contributed by atoms with Crippen molar-refractivity contribution in [1.82, 2.24) is 10.3 Å². The molecule has 0 saturated heterocycles. The smallest absolute Gasteiger partial charge is 0.0962 e. The maximum Gasteiger partial charge on any atom is 0.0962 e. The van der Waals surface area contributed by atoms with Gasteiger partial charge in [-0.05, 0) is 44.4 Å². The first-order valence-electron chi connectivity index (χ1n) is 8.02. The summed E-state index contributed by atoms with van der Waals surface area (Å²) in [6.45, 7) is 5.62. The molecule has 0 aromatic carbocycles. The average Bonchev–Trinajstić information content (AvgIpc) is 2.99. The molecule has 3 rings (SSSR count). The lowest BCUT2D eigenvalue weighted by molar-refractivity contribution is 0.521. The van der Waals surface area contributed by atoms with Gasteiger partial charge in [-0.3, -0.25) is 0 Å². The number of hydrogen-bond donors (Lipinski definition) is 1. The van der Waals surface area contributed by atoms with Gasteiger partial charge in [0.25, 0.3) is 0 Å². The predicted molar refractivity (Wildman–Crippen MR) is 81.7 cm³/mol. The highest BCUT2D eigenvalue weighted by Gasteiger charge is 2.28. The average molecular weight is 278 g/mol. The van der Waals surface area contributed by atoms with Crippen LogP contribution in [0, 0.1) is 5.92 Å². The Balaban J connectivity index is 1.67. The highest BCUT2D eigenvalue weighted by atomic mass is 32.1. The van der Waals surface area contributed by atoms with Gasteiger partial charge in [0.2, 0.25) is 0 Å². The lowest BCUT2D eigenvalue weighted by atomic mass is 10.0. The van der Waals surface area contributed by atoms with Crippen molar-refractivity contribution < 1.29 is 0 Å². The number of nitrogens with one attached hydrogen (secondary N) is 1. The number of rotatable bonds is 6. The van der Waals surface area contributed by atoms with E-state index >= 15 is 0 Å². The molecule has 3 heteroatoms. The van der Waals surface area contributed by atoms with Crippen LogP contribution in [0.4, 0.5) is 0 Å². The van der Waals surface area contributed by atoms with E-state index in [4.69, 9.17) is 4.98 Å². The Morgan fingerprint density at radius 3 is 2.68 bits per heavy atom. The van der Waals surface area contributed by atoms with Crippen molar-refractivity contribution in [3.8, 4) is 0 Å². The Bertz CT molecular complexity index is 422. The first kappa shape index (κ1) is 13.6. The number of aromatic nitrogens is 1. The summed E-state index contributed by atoms with van der Waals surface area (Å²) in [4.78, 5) is 6.46. The summed E-state index contributed by atoms with van der Waals surface area (Å²) in [5.41, 5.74) is 1.35. The number of nitrogens with zero attached hydrogens (tertiary/aromatic N) is 1. The summed E-state index contributed by atoms with van der Waals surface area (Å²) >= 11 is 1.99. The van der Waals surface area contributed by atoms with Crippen LogP contribution in [-0.4, -0.2) is 11.0 Å². The zero-order valence-electron chi connectivity index (χ0n) is 12.2. The van der Waals surface area contributed by atoms with Gasteiger partial charge in [0.1, 0.15) is 0 Å². The maximum atomic E-state index is 4.96. The maximum absolute atomic E-state index is 4.96. The molecule has 106 valence electrons. The third-order valence-corrected chi connectivity index (χ3v) is 5.99. The number of thiazole rings is 1. The fraction of sp³-hybridized carbons (Fsp3) is 0.812. The standard InChI is InChI=1S/C16H26N2S/c1-3-11-5-6-12(9-11)16-18-14(4-2)15(19-16)10-17-13-7-8-13/h11-13,17H,3-10H2,1-2H3. The van der Waals surface area contributed by atoms with Crippen LogP contribution in [0.2, 0.25) is 0 Å². The van der Waals surface area contributed by atoms with Crippen LogP contribution in [0.15, 0.2) is 0 Å². The molecule has 2 aliphatic rings. The van der Waals surface area contributed by atoms with Crippen molar-refractivity contribution in [2.45, 2.75) is 77.3 Å². The van der Waals surface area contributed by atoms with Gasteiger partial charge in [0.05, 0.1) is 10.7 Å². The minimum atomic E-state index is 0.759. The van der Waals surface area contributed by atoms with Crippen molar-refractivity contribution in [2.24, 2.45) is 5.92 Å². The monoisotopic (exact) mass is 278 g/mol. The Labute approximate surface area is 121 Å². The highest BCUT2D eigenvalue weighted by molar-refractivity contribution is 7.11. The molecular formula is C16H26N2S. The molecule has 2 nitrogen and oxygen atoms in total. The lowest BCUT2D eigenvalue weighted by Gasteiger charge is -2.06. The van der Waals surface area contributed by atoms with E-state index in [2.05, 4.69) is 19.2 Å². The van der Waals surface area contributed by atoms with Gasteiger partial charge in [0.15, 0.2) is 0 Å². The summed E-state index contributed by atoms with van der Waals surface area (Å²) in [5.74, 6) is 1.71. The van der Waals surface area contributed by atoms with Crippen molar-refractivity contribution in [3.63, 3.8) is 0 Å². The summed E-state index contributed by atoms with van der Waals surface area (Å²) in [6, 6.07) is 0.797. The minimum absolute atomic E-state index is 0.759. The molecular weight excluding hydrogens is 252 g/mol. The normalized spacial score (nSPS) is 27.1. The Morgan fingerprint density at radius 2 is 2.05 bits per heavy atom. The second-order valence-corrected chi connectivity index (χ2v) is 7.33. The van der Waals surface area contributed by atoms with Crippen LogP contribution >= 0.6 is 11.3 Å². The van der Waals surface area contributed by atoms with E-state index in [0.717, 1.165) is 30.8 Å². The fourth-order valence-corrected chi connectivity index (χ4v) is 4.44. The third kappa shape index (κ3) is 3.19. The Morgan fingerprint density at radius 1 is 1.21 bits per heavy atom. The van der Waals surface area contributed by atoms with E-state index in [9.17, 15) is 0 Å². The number of aryl methyl sites for hydroxylation is 1. The van der Waals surface area contributed by atoms with Gasteiger partial charge in [-0.25, -0.2) is 4.98 Å². The minimum Gasteiger partial charge on any atom is -0.309 e. The molecule has 1 aromatic rings. The molecule has 0 amide bonds. The zero-order valence-corrected chi connectivity index (χ0v) is 13.1. The van der Waals surface area contributed by atoms with Gasteiger partial charge in [0, 0.05) is 23.4 Å². The second-order valence-electron chi connectivity index (χ2n) is 6.21. The largest absolute Gasteiger partial charge is 0.309 e. The van der Waals surface area contributed by atoms with Crippen LogP contribution in [0.1, 0.15) is 73.9 Å². The SMILES string of the molecule is CCc1nc(C2CCC(CC)C2)sc1CNC1CC1. The molecule has 2 unspecified atom stereocenters. The molecule has 2 atom stereocenters. The van der Waals surface area contributed by atoms with Crippen molar-refractivity contribution in [1.29, 1.82) is 0 Å². The van der Waals surface area contributed by atoms with Crippen LogP contribution in [0.25, 0.3) is 0 Å². The zero-order chi connectivity index (χ0) is 13.2. The molecule has 1 N–H and O–H groups in total. The lowest BCUT2D eigenvalue weighted by Crippen LogP contribution is -2.15. The van der Waals surface area contributed by atoms with Gasteiger partial charge >= 0.3 is 0 Å². The van der Waals surface area contributed by atoms with Gasteiger partial charge < -0.3 is 5.32 Å². The van der Waals surface area contributed by atoms with E-state index in [-0.39, 0.29) is 0 Å². The third-order valence-electron chi connectivity index (χ3n) is 4.73. The van der Waals surface area contributed by atoms with E-state index in [1.165, 1.54) is 54.1 Å². The highest BCUT2D eigenvalue weighted by Crippen LogP contribution is 2.41. The van der Waals surface area contributed by atoms with Gasteiger partial charge in [-0.2, -0.15) is 0 Å². The van der Waals surface area contributed by atoms with E-state index in [1.807, 2.05) is 11.3 Å². The van der Waals surface area contributed by atoms with Crippen LogP contribution < -0.4 is 5.32 Å². The van der Waals surface area contributed by atoms with Crippen molar-refractivity contribution in [3.05, 3.63) is 15.6 Å². The van der Waals surface area contributed by atoms with Gasteiger partial charge in [-0.1, -0.05) is 20.3 Å². The number of hydrogen-bond acceptors (Lipinski definition) is 3. The van der Waals surface area contributed by atoms with Crippen molar-refractivity contribution >= 4 is 11.3 Å². The first-order valence-corrected chi connectivity index (χ1v) is 8.83. The summed E-state index contributed by atoms with van der Waals surface area (Å²) < 4.78 is 0.